The number of rotatable bonds is 8. The smallest absolute Gasteiger partial charge is 0.341 e. The summed E-state index contributed by atoms with van der Waals surface area (Å²) < 4.78 is 38.8. The van der Waals surface area contributed by atoms with Crippen molar-refractivity contribution < 1.29 is 32.3 Å². The fourth-order valence-corrected chi connectivity index (χ4v) is 5.87. The molecule has 3 rings (SSSR count). The van der Waals surface area contributed by atoms with Gasteiger partial charge in [0.15, 0.2) is 0 Å². The molecule has 1 atom stereocenters. The standard InChI is InChI=1S/C26H33N3O7S/c1-18(2)28(16-20-9-7-6-8-10-20)25(31)23-17-27(19(3)30)13-14-29(23)37(33,34)21-11-12-24(35-4)22(15-21)26(32)36-5/h6-12,15,18,23H,13-14,16-17H2,1-5H3. The lowest BCUT2D eigenvalue weighted by atomic mass is 10.1. The van der Waals surface area contributed by atoms with Gasteiger partial charge in [0.25, 0.3) is 0 Å². The van der Waals surface area contributed by atoms with Crippen LogP contribution in [0.2, 0.25) is 0 Å². The Hall–Kier alpha value is -3.44. The predicted molar refractivity (Wildman–Crippen MR) is 136 cm³/mol. The lowest BCUT2D eigenvalue weighted by Crippen LogP contribution is -2.62. The Balaban J connectivity index is 2.03. The van der Waals surface area contributed by atoms with Crippen LogP contribution in [0.15, 0.2) is 53.4 Å². The van der Waals surface area contributed by atoms with Gasteiger partial charge in [0.1, 0.15) is 17.4 Å². The van der Waals surface area contributed by atoms with E-state index in [1.807, 2.05) is 44.2 Å². The van der Waals surface area contributed by atoms with Gasteiger partial charge in [-0.15, -0.1) is 0 Å². The number of esters is 1. The maximum atomic E-state index is 13.9. The van der Waals surface area contributed by atoms with Crippen LogP contribution in [-0.2, 0) is 30.9 Å². The summed E-state index contributed by atoms with van der Waals surface area (Å²) in [7, 11) is -1.70. The van der Waals surface area contributed by atoms with Crippen molar-refractivity contribution in [3.8, 4) is 5.75 Å². The average molecular weight is 532 g/mol. The van der Waals surface area contributed by atoms with Crippen molar-refractivity contribution in [1.82, 2.24) is 14.1 Å². The number of amides is 2. The Kier molecular flexibility index (Phi) is 8.93. The third-order valence-electron chi connectivity index (χ3n) is 6.35. The lowest BCUT2D eigenvalue weighted by Gasteiger charge is -2.42. The summed E-state index contributed by atoms with van der Waals surface area (Å²) in [5, 5.41) is 0. The first-order chi connectivity index (χ1) is 17.5. The minimum absolute atomic E-state index is 0.0517. The number of methoxy groups -OCH3 is 2. The zero-order valence-corrected chi connectivity index (χ0v) is 22.5. The largest absolute Gasteiger partial charge is 0.496 e. The molecule has 0 N–H and O–H groups in total. The first-order valence-corrected chi connectivity index (χ1v) is 13.3. The van der Waals surface area contributed by atoms with E-state index in [1.54, 1.807) is 4.90 Å². The van der Waals surface area contributed by atoms with Crippen LogP contribution in [0.1, 0.15) is 36.7 Å². The van der Waals surface area contributed by atoms with Gasteiger partial charge in [0, 0.05) is 39.1 Å². The quantitative estimate of drug-likeness (QED) is 0.480. The molecule has 1 unspecified atom stereocenters. The van der Waals surface area contributed by atoms with E-state index in [1.165, 1.54) is 44.2 Å². The Bertz CT molecular complexity index is 1250. The second-order valence-corrected chi connectivity index (χ2v) is 10.9. The topological polar surface area (TPSA) is 114 Å². The average Bonchev–Trinajstić information content (AvgIpc) is 2.90. The summed E-state index contributed by atoms with van der Waals surface area (Å²) in [5.74, 6) is -1.24. The van der Waals surface area contributed by atoms with Crippen molar-refractivity contribution in [3.05, 3.63) is 59.7 Å². The second kappa shape index (κ2) is 11.7. The first kappa shape index (κ1) is 28.1. The Morgan fingerprint density at radius 2 is 1.73 bits per heavy atom. The van der Waals surface area contributed by atoms with Crippen LogP contribution in [0.3, 0.4) is 0 Å². The number of benzene rings is 2. The Morgan fingerprint density at radius 3 is 2.30 bits per heavy atom. The number of hydrogen-bond acceptors (Lipinski definition) is 7. The summed E-state index contributed by atoms with van der Waals surface area (Å²) in [6.07, 6.45) is 0. The maximum Gasteiger partial charge on any atom is 0.341 e. The molecule has 11 heteroatoms. The number of ether oxygens (including phenoxy) is 2. The summed E-state index contributed by atoms with van der Waals surface area (Å²) in [4.78, 5) is 41.3. The summed E-state index contributed by atoms with van der Waals surface area (Å²) in [5.41, 5.74) is 0.847. The van der Waals surface area contributed by atoms with Crippen molar-refractivity contribution in [2.24, 2.45) is 0 Å². The molecule has 0 saturated carbocycles. The van der Waals surface area contributed by atoms with E-state index in [4.69, 9.17) is 9.47 Å². The number of hydrogen-bond donors (Lipinski definition) is 0. The molecule has 0 spiro atoms. The fourth-order valence-electron chi connectivity index (χ4n) is 4.28. The van der Waals surface area contributed by atoms with Gasteiger partial charge in [-0.25, -0.2) is 13.2 Å². The molecular weight excluding hydrogens is 498 g/mol. The fraction of sp³-hybridized carbons (Fsp3) is 0.423. The highest BCUT2D eigenvalue weighted by atomic mass is 32.2. The summed E-state index contributed by atoms with van der Waals surface area (Å²) in [6, 6.07) is 11.9. The maximum absolute atomic E-state index is 13.9. The highest BCUT2D eigenvalue weighted by Gasteiger charge is 2.43. The van der Waals surface area contributed by atoms with E-state index in [9.17, 15) is 22.8 Å². The number of carbonyl (C=O) groups excluding carboxylic acids is 3. The van der Waals surface area contributed by atoms with E-state index in [0.29, 0.717) is 0 Å². The molecule has 10 nitrogen and oxygen atoms in total. The molecule has 37 heavy (non-hydrogen) atoms. The molecule has 1 saturated heterocycles. The number of piperazine rings is 1. The van der Waals surface area contributed by atoms with Crippen molar-refractivity contribution >= 4 is 27.8 Å². The molecule has 0 aliphatic carbocycles. The SMILES string of the molecule is COC(=O)c1cc(S(=O)(=O)N2CCN(C(C)=O)CC2C(=O)N(Cc2ccccc2)C(C)C)ccc1OC. The van der Waals surface area contributed by atoms with E-state index < -0.39 is 27.9 Å². The summed E-state index contributed by atoms with van der Waals surface area (Å²) >= 11 is 0. The minimum atomic E-state index is -4.24. The van der Waals surface area contributed by atoms with Crippen LogP contribution >= 0.6 is 0 Å². The first-order valence-electron chi connectivity index (χ1n) is 11.9. The molecule has 1 fully saturated rings. The monoisotopic (exact) mass is 531 g/mol. The van der Waals surface area contributed by atoms with Crippen molar-refractivity contribution in [2.75, 3.05) is 33.9 Å². The van der Waals surface area contributed by atoms with Crippen LogP contribution in [0, 0.1) is 0 Å². The lowest BCUT2D eigenvalue weighted by molar-refractivity contribution is -0.142. The van der Waals surface area contributed by atoms with Crippen LogP contribution in [0.4, 0.5) is 0 Å². The van der Waals surface area contributed by atoms with Gasteiger partial charge in [0.2, 0.25) is 21.8 Å². The predicted octanol–water partition coefficient (Wildman–Crippen LogP) is 2.14. The Morgan fingerprint density at radius 1 is 1.05 bits per heavy atom. The molecule has 0 radical (unpaired) electrons. The van der Waals surface area contributed by atoms with Crippen LogP contribution in [0.25, 0.3) is 0 Å². The highest BCUT2D eigenvalue weighted by molar-refractivity contribution is 7.89. The minimum Gasteiger partial charge on any atom is -0.496 e. The van der Waals surface area contributed by atoms with Gasteiger partial charge < -0.3 is 19.3 Å². The molecule has 0 bridgehead atoms. The van der Waals surface area contributed by atoms with Gasteiger partial charge in [0.05, 0.1) is 19.1 Å². The van der Waals surface area contributed by atoms with Crippen LogP contribution in [-0.4, -0.2) is 86.2 Å². The number of carbonyl (C=O) groups is 3. The van der Waals surface area contributed by atoms with Crippen molar-refractivity contribution in [2.45, 2.75) is 44.3 Å². The van der Waals surface area contributed by atoms with Gasteiger partial charge in [-0.1, -0.05) is 30.3 Å². The molecule has 1 aliphatic heterocycles. The zero-order chi connectivity index (χ0) is 27.3. The van der Waals surface area contributed by atoms with E-state index >= 15 is 0 Å². The molecule has 1 aliphatic rings. The molecule has 0 aromatic heterocycles. The molecular formula is C26H33N3O7S. The van der Waals surface area contributed by atoms with Crippen LogP contribution in [0.5, 0.6) is 5.75 Å². The number of sulfonamides is 1. The van der Waals surface area contributed by atoms with Crippen molar-refractivity contribution in [1.29, 1.82) is 0 Å². The molecule has 2 aromatic carbocycles. The zero-order valence-electron chi connectivity index (χ0n) is 21.7. The van der Waals surface area contributed by atoms with E-state index in [0.717, 1.165) is 9.87 Å². The third-order valence-corrected chi connectivity index (χ3v) is 8.25. The Labute approximate surface area is 217 Å². The van der Waals surface area contributed by atoms with Crippen LogP contribution < -0.4 is 4.74 Å². The number of nitrogens with zero attached hydrogens (tertiary/aromatic N) is 3. The van der Waals surface area contributed by atoms with Gasteiger partial charge >= 0.3 is 5.97 Å². The van der Waals surface area contributed by atoms with Crippen molar-refractivity contribution in [3.63, 3.8) is 0 Å². The molecule has 1 heterocycles. The molecule has 2 amide bonds. The third kappa shape index (κ3) is 6.11. The van der Waals surface area contributed by atoms with Gasteiger partial charge in [-0.3, -0.25) is 9.59 Å². The van der Waals surface area contributed by atoms with E-state index in [-0.39, 0.29) is 54.3 Å². The molecule has 2 aromatic rings. The molecule has 200 valence electrons. The van der Waals surface area contributed by atoms with E-state index in [2.05, 4.69) is 0 Å². The van der Waals surface area contributed by atoms with Gasteiger partial charge in [-0.2, -0.15) is 4.31 Å². The highest BCUT2D eigenvalue weighted by Crippen LogP contribution is 2.28. The normalized spacial score (nSPS) is 16.4. The second-order valence-electron chi connectivity index (χ2n) is 9.00. The summed E-state index contributed by atoms with van der Waals surface area (Å²) in [6.45, 7) is 5.38. The van der Waals surface area contributed by atoms with Gasteiger partial charge in [-0.05, 0) is 37.6 Å².